The molecular weight excluding hydrogens is 214 g/mol. The standard InChI is InChI=1S/C14H17NO2/c1-3-10-15(11-9-14(16)17)13-7-5-12(4-2)6-8-13/h1,5-8H,4,9-11H2,2H3,(H,16,17). The molecule has 0 bridgehead atoms. The van der Waals surface area contributed by atoms with E-state index in [2.05, 4.69) is 12.8 Å². The fourth-order valence-corrected chi connectivity index (χ4v) is 1.58. The highest BCUT2D eigenvalue weighted by atomic mass is 16.4. The monoisotopic (exact) mass is 231 g/mol. The summed E-state index contributed by atoms with van der Waals surface area (Å²) in [5, 5.41) is 8.68. The Bertz CT molecular complexity index is 403. The van der Waals surface area contributed by atoms with Gasteiger partial charge in [-0.25, -0.2) is 0 Å². The Morgan fingerprint density at radius 1 is 1.41 bits per heavy atom. The van der Waals surface area contributed by atoms with Crippen molar-refractivity contribution in [1.29, 1.82) is 0 Å². The zero-order valence-corrected chi connectivity index (χ0v) is 10.0. The lowest BCUT2D eigenvalue weighted by Gasteiger charge is -2.21. The summed E-state index contributed by atoms with van der Waals surface area (Å²) >= 11 is 0. The number of anilines is 1. The minimum absolute atomic E-state index is 0.0945. The molecule has 0 aliphatic carbocycles. The van der Waals surface area contributed by atoms with Gasteiger partial charge in [-0.15, -0.1) is 6.42 Å². The zero-order valence-electron chi connectivity index (χ0n) is 10.0. The number of aryl methyl sites for hydroxylation is 1. The van der Waals surface area contributed by atoms with Crippen LogP contribution in [0.5, 0.6) is 0 Å². The molecule has 3 heteroatoms. The van der Waals surface area contributed by atoms with Gasteiger partial charge in [0.2, 0.25) is 0 Å². The largest absolute Gasteiger partial charge is 0.481 e. The fraction of sp³-hybridized carbons (Fsp3) is 0.357. The second kappa shape index (κ2) is 6.59. The number of carbonyl (C=O) groups is 1. The lowest BCUT2D eigenvalue weighted by molar-refractivity contribution is -0.136. The molecule has 0 saturated carbocycles. The summed E-state index contributed by atoms with van der Waals surface area (Å²) < 4.78 is 0. The van der Waals surface area contributed by atoms with Gasteiger partial charge >= 0.3 is 5.97 Å². The van der Waals surface area contributed by atoms with Crippen molar-refractivity contribution in [3.8, 4) is 12.3 Å². The van der Waals surface area contributed by atoms with Crippen LogP contribution in [0.25, 0.3) is 0 Å². The number of rotatable bonds is 6. The number of hydrogen-bond donors (Lipinski definition) is 1. The SMILES string of the molecule is C#CCN(CCC(=O)O)c1ccc(CC)cc1. The van der Waals surface area contributed by atoms with Crippen LogP contribution in [0.2, 0.25) is 0 Å². The van der Waals surface area contributed by atoms with Gasteiger partial charge in [0.1, 0.15) is 0 Å². The number of hydrogen-bond acceptors (Lipinski definition) is 2. The maximum atomic E-state index is 10.6. The molecule has 0 heterocycles. The van der Waals surface area contributed by atoms with Gasteiger partial charge in [0.15, 0.2) is 0 Å². The van der Waals surface area contributed by atoms with Crippen molar-refractivity contribution in [2.24, 2.45) is 0 Å². The van der Waals surface area contributed by atoms with Crippen molar-refractivity contribution < 1.29 is 9.90 Å². The predicted molar refractivity (Wildman–Crippen MR) is 69.1 cm³/mol. The molecule has 0 radical (unpaired) electrons. The molecule has 0 aliphatic rings. The Morgan fingerprint density at radius 3 is 2.53 bits per heavy atom. The smallest absolute Gasteiger partial charge is 0.305 e. The highest BCUT2D eigenvalue weighted by Gasteiger charge is 2.07. The minimum Gasteiger partial charge on any atom is -0.481 e. The highest BCUT2D eigenvalue weighted by molar-refractivity contribution is 5.67. The molecule has 1 rings (SSSR count). The average Bonchev–Trinajstić information content (AvgIpc) is 2.34. The number of benzene rings is 1. The van der Waals surface area contributed by atoms with E-state index in [1.165, 1.54) is 5.56 Å². The van der Waals surface area contributed by atoms with E-state index in [1.54, 1.807) is 0 Å². The Morgan fingerprint density at radius 2 is 2.06 bits per heavy atom. The Balaban J connectivity index is 2.74. The van der Waals surface area contributed by atoms with Crippen LogP contribution in [0.15, 0.2) is 24.3 Å². The predicted octanol–water partition coefficient (Wildman–Crippen LogP) is 2.16. The van der Waals surface area contributed by atoms with Crippen LogP contribution in [-0.2, 0) is 11.2 Å². The first-order chi connectivity index (χ1) is 8.17. The van der Waals surface area contributed by atoms with E-state index < -0.39 is 5.97 Å². The first kappa shape index (κ1) is 13.1. The van der Waals surface area contributed by atoms with Crippen molar-refractivity contribution in [2.75, 3.05) is 18.0 Å². The zero-order chi connectivity index (χ0) is 12.7. The van der Waals surface area contributed by atoms with Gasteiger partial charge in [0.05, 0.1) is 13.0 Å². The van der Waals surface area contributed by atoms with Gasteiger partial charge in [-0.1, -0.05) is 25.0 Å². The van der Waals surface area contributed by atoms with Gasteiger partial charge in [0.25, 0.3) is 0 Å². The molecule has 17 heavy (non-hydrogen) atoms. The van der Waals surface area contributed by atoms with Crippen molar-refractivity contribution in [1.82, 2.24) is 0 Å². The molecule has 90 valence electrons. The number of carboxylic acids is 1. The normalized spacial score (nSPS) is 9.65. The third kappa shape index (κ3) is 4.20. The van der Waals surface area contributed by atoms with Crippen LogP contribution in [0.1, 0.15) is 18.9 Å². The van der Waals surface area contributed by atoms with Crippen LogP contribution < -0.4 is 4.90 Å². The molecule has 0 amide bonds. The molecule has 0 fully saturated rings. The molecule has 1 aromatic rings. The molecule has 0 spiro atoms. The summed E-state index contributed by atoms with van der Waals surface area (Å²) in [6.45, 7) is 2.96. The molecule has 1 N–H and O–H groups in total. The van der Waals surface area contributed by atoms with E-state index >= 15 is 0 Å². The quantitative estimate of drug-likeness (QED) is 0.763. The topological polar surface area (TPSA) is 40.5 Å². The molecule has 3 nitrogen and oxygen atoms in total. The van der Waals surface area contributed by atoms with E-state index in [0.717, 1.165) is 12.1 Å². The summed E-state index contributed by atoms with van der Waals surface area (Å²) in [5.41, 5.74) is 2.23. The van der Waals surface area contributed by atoms with Gasteiger partial charge in [-0.2, -0.15) is 0 Å². The van der Waals surface area contributed by atoms with Crippen LogP contribution in [0, 0.1) is 12.3 Å². The number of carboxylic acid groups (broad SMARTS) is 1. The first-order valence-corrected chi connectivity index (χ1v) is 5.66. The lowest BCUT2D eigenvalue weighted by Crippen LogP contribution is -2.26. The molecule has 1 aromatic carbocycles. The highest BCUT2D eigenvalue weighted by Crippen LogP contribution is 2.15. The molecule has 0 aromatic heterocycles. The Hall–Kier alpha value is -1.95. The maximum Gasteiger partial charge on any atom is 0.305 e. The fourth-order valence-electron chi connectivity index (χ4n) is 1.58. The maximum absolute atomic E-state index is 10.6. The second-order valence-electron chi connectivity index (χ2n) is 3.79. The third-order valence-electron chi connectivity index (χ3n) is 2.59. The van der Waals surface area contributed by atoms with Crippen LogP contribution in [0.3, 0.4) is 0 Å². The van der Waals surface area contributed by atoms with Crippen LogP contribution in [-0.4, -0.2) is 24.2 Å². The van der Waals surface area contributed by atoms with E-state index in [0.29, 0.717) is 13.1 Å². The Labute approximate surface area is 102 Å². The molecular formula is C14H17NO2. The summed E-state index contributed by atoms with van der Waals surface area (Å²) in [4.78, 5) is 12.5. The second-order valence-corrected chi connectivity index (χ2v) is 3.79. The van der Waals surface area contributed by atoms with E-state index in [4.69, 9.17) is 11.5 Å². The lowest BCUT2D eigenvalue weighted by atomic mass is 10.1. The Kier molecular flexibility index (Phi) is 5.09. The van der Waals surface area contributed by atoms with Crippen LogP contribution in [0.4, 0.5) is 5.69 Å². The van der Waals surface area contributed by atoms with E-state index in [1.807, 2.05) is 29.2 Å². The minimum atomic E-state index is -0.808. The molecule has 0 atom stereocenters. The van der Waals surface area contributed by atoms with Crippen molar-refractivity contribution in [3.05, 3.63) is 29.8 Å². The summed E-state index contributed by atoms with van der Waals surface area (Å²) in [5.74, 6) is 1.74. The van der Waals surface area contributed by atoms with Gasteiger partial charge in [-0.3, -0.25) is 4.79 Å². The number of aliphatic carboxylic acids is 1. The van der Waals surface area contributed by atoms with Crippen molar-refractivity contribution in [3.63, 3.8) is 0 Å². The summed E-state index contributed by atoms with van der Waals surface area (Å²) in [7, 11) is 0. The summed E-state index contributed by atoms with van der Waals surface area (Å²) in [6, 6.07) is 8.05. The van der Waals surface area contributed by atoms with Crippen molar-refractivity contribution >= 4 is 11.7 Å². The molecule has 0 unspecified atom stereocenters. The van der Waals surface area contributed by atoms with E-state index in [9.17, 15) is 4.79 Å². The summed E-state index contributed by atoms with van der Waals surface area (Å²) in [6.07, 6.45) is 6.38. The third-order valence-corrected chi connectivity index (χ3v) is 2.59. The van der Waals surface area contributed by atoms with Crippen molar-refractivity contribution in [2.45, 2.75) is 19.8 Å². The number of terminal acetylenes is 1. The first-order valence-electron chi connectivity index (χ1n) is 5.66. The number of nitrogens with zero attached hydrogens (tertiary/aromatic N) is 1. The van der Waals surface area contributed by atoms with E-state index in [-0.39, 0.29) is 6.42 Å². The average molecular weight is 231 g/mol. The van der Waals surface area contributed by atoms with Gasteiger partial charge < -0.3 is 10.0 Å². The van der Waals surface area contributed by atoms with Crippen LogP contribution >= 0.6 is 0 Å². The molecule has 0 saturated heterocycles. The van der Waals surface area contributed by atoms with Gasteiger partial charge in [-0.05, 0) is 24.1 Å². The molecule has 0 aliphatic heterocycles. The van der Waals surface area contributed by atoms with Gasteiger partial charge in [0, 0.05) is 12.2 Å².